The molecule has 1 aromatic carbocycles. The summed E-state index contributed by atoms with van der Waals surface area (Å²) in [6, 6.07) is 1.84. The van der Waals surface area contributed by atoms with E-state index in [-0.39, 0.29) is 31.7 Å². The van der Waals surface area contributed by atoms with Crippen LogP contribution >= 0.6 is 11.6 Å². The quantitative estimate of drug-likeness (QED) is 0.275. The summed E-state index contributed by atoms with van der Waals surface area (Å²) in [5.41, 5.74) is -4.18. The van der Waals surface area contributed by atoms with E-state index in [4.69, 9.17) is 11.6 Å². The van der Waals surface area contributed by atoms with Gasteiger partial charge in [-0.25, -0.2) is 31.3 Å². The summed E-state index contributed by atoms with van der Waals surface area (Å²) in [4.78, 5) is 31.7. The molecule has 0 radical (unpaired) electrons. The first-order valence-electron chi connectivity index (χ1n) is 12.0. The van der Waals surface area contributed by atoms with Crippen molar-refractivity contribution >= 4 is 34.4 Å². The Morgan fingerprint density at radius 2 is 1.80 bits per heavy atom. The molecule has 5 rings (SSSR count). The number of carbonyl (C=O) groups is 1. The van der Waals surface area contributed by atoms with E-state index >= 15 is 13.2 Å². The Hall–Kier alpha value is -3.36. The standard InChI is InChI=1S/C25H21ClF6N4O4/c26-15-3-12(27)4-16(28)18(15)36-6-14(22(40)34-25(32,23(30)31)11-1-2-11)19(39)13-5-17(29)21(33-20(13)36)35-7-24(8-35,9-37)10-38/h3-6,11,23,37-38H,1-2,7-10H2,(H,34,40). The molecule has 8 nitrogen and oxygen atoms in total. The summed E-state index contributed by atoms with van der Waals surface area (Å²) >= 11 is 6.08. The number of nitrogens with zero attached hydrogens (tertiary/aromatic N) is 3. The minimum Gasteiger partial charge on any atom is -0.396 e. The smallest absolute Gasteiger partial charge is 0.290 e. The number of alkyl halides is 3. The van der Waals surface area contributed by atoms with Crippen LogP contribution in [-0.2, 0) is 0 Å². The zero-order valence-corrected chi connectivity index (χ0v) is 21.2. The molecule has 40 heavy (non-hydrogen) atoms. The van der Waals surface area contributed by atoms with Gasteiger partial charge in [-0.2, -0.15) is 0 Å². The molecule has 15 heteroatoms. The monoisotopic (exact) mass is 590 g/mol. The number of aromatic nitrogens is 2. The Morgan fingerprint density at radius 3 is 2.35 bits per heavy atom. The fraction of sp³-hybridized carbons (Fsp3) is 0.400. The zero-order chi connectivity index (χ0) is 29.1. The predicted molar refractivity (Wildman–Crippen MR) is 131 cm³/mol. The van der Waals surface area contributed by atoms with Gasteiger partial charge in [-0.05, 0) is 25.0 Å². The minimum atomic E-state index is -3.63. The number of rotatable bonds is 8. The van der Waals surface area contributed by atoms with Gasteiger partial charge < -0.3 is 20.4 Å². The number of carbonyl (C=O) groups excluding carboxylic acids is 1. The molecule has 2 aliphatic rings. The molecule has 2 fully saturated rings. The van der Waals surface area contributed by atoms with Gasteiger partial charge in [0.2, 0.25) is 11.2 Å². The van der Waals surface area contributed by atoms with E-state index in [9.17, 15) is 33.0 Å². The molecule has 1 saturated heterocycles. The van der Waals surface area contributed by atoms with E-state index < -0.39 is 92.9 Å². The van der Waals surface area contributed by atoms with Crippen molar-refractivity contribution < 1.29 is 41.4 Å². The van der Waals surface area contributed by atoms with Crippen molar-refractivity contribution in [3.05, 3.63) is 62.7 Å². The molecule has 0 spiro atoms. The lowest BCUT2D eigenvalue weighted by molar-refractivity contribution is -0.0671. The Kier molecular flexibility index (Phi) is 6.99. The van der Waals surface area contributed by atoms with Crippen molar-refractivity contribution in [1.82, 2.24) is 14.9 Å². The number of halogens is 7. The van der Waals surface area contributed by atoms with Crippen molar-refractivity contribution in [2.45, 2.75) is 25.1 Å². The van der Waals surface area contributed by atoms with E-state index in [1.54, 1.807) is 5.32 Å². The highest BCUT2D eigenvalue weighted by atomic mass is 35.5. The molecule has 1 atom stereocenters. The van der Waals surface area contributed by atoms with E-state index in [1.807, 2.05) is 0 Å². The number of aliphatic hydroxyl groups is 2. The number of anilines is 1. The van der Waals surface area contributed by atoms with Crippen LogP contribution in [0.5, 0.6) is 0 Å². The summed E-state index contributed by atoms with van der Waals surface area (Å²) < 4.78 is 86.9. The lowest BCUT2D eigenvalue weighted by atomic mass is 9.81. The number of fused-ring (bicyclic) bond motifs is 1. The Labute approximate surface area is 226 Å². The molecule has 1 saturated carbocycles. The van der Waals surface area contributed by atoms with Crippen molar-refractivity contribution in [3.8, 4) is 5.69 Å². The van der Waals surface area contributed by atoms with Gasteiger partial charge in [0.05, 0.1) is 29.0 Å². The molecule has 1 aliphatic carbocycles. The van der Waals surface area contributed by atoms with Gasteiger partial charge in [-0.3, -0.25) is 14.2 Å². The SMILES string of the molecule is O=C(NC(F)(C(F)F)C1CC1)c1cn(-c2c(F)cc(F)cc2Cl)c2nc(N3CC(CO)(CO)C3)c(F)cc2c1=O. The number of nitrogens with one attached hydrogen (secondary N) is 1. The lowest BCUT2D eigenvalue weighted by Gasteiger charge is -2.48. The number of hydrogen-bond donors (Lipinski definition) is 3. The van der Waals surface area contributed by atoms with Crippen molar-refractivity contribution in [2.75, 3.05) is 31.2 Å². The highest BCUT2D eigenvalue weighted by Crippen LogP contribution is 2.44. The third-order valence-corrected chi connectivity index (χ3v) is 7.49. The molecule has 1 aliphatic heterocycles. The van der Waals surface area contributed by atoms with E-state index in [0.29, 0.717) is 18.3 Å². The highest BCUT2D eigenvalue weighted by molar-refractivity contribution is 6.32. The predicted octanol–water partition coefficient (Wildman–Crippen LogP) is 3.32. The molecule has 2 aromatic heterocycles. The first-order chi connectivity index (χ1) is 18.8. The molecule has 3 N–H and O–H groups in total. The second-order valence-electron chi connectivity index (χ2n) is 10.1. The summed E-state index contributed by atoms with van der Waals surface area (Å²) in [6.45, 7) is -0.882. The number of hydrogen-bond acceptors (Lipinski definition) is 6. The summed E-state index contributed by atoms with van der Waals surface area (Å²) in [7, 11) is 0. The van der Waals surface area contributed by atoms with E-state index in [0.717, 1.165) is 10.6 Å². The summed E-state index contributed by atoms with van der Waals surface area (Å²) in [5, 5.41) is 19.5. The minimum absolute atomic E-state index is 0.0286. The van der Waals surface area contributed by atoms with Crippen LogP contribution in [0.2, 0.25) is 5.02 Å². The zero-order valence-electron chi connectivity index (χ0n) is 20.4. The Bertz CT molecular complexity index is 1540. The summed E-state index contributed by atoms with van der Waals surface area (Å²) in [6.07, 6.45) is -2.81. The average molecular weight is 591 g/mol. The van der Waals surface area contributed by atoms with Gasteiger partial charge >= 0.3 is 0 Å². The van der Waals surface area contributed by atoms with Gasteiger partial charge in [0.25, 0.3) is 12.3 Å². The largest absolute Gasteiger partial charge is 0.396 e. The van der Waals surface area contributed by atoms with Gasteiger partial charge in [0.15, 0.2) is 23.1 Å². The lowest BCUT2D eigenvalue weighted by Crippen LogP contribution is -2.61. The van der Waals surface area contributed by atoms with E-state index in [2.05, 4.69) is 4.98 Å². The maximum atomic E-state index is 15.2. The molecule has 3 heterocycles. The molecule has 214 valence electrons. The number of pyridine rings is 2. The van der Waals surface area contributed by atoms with Crippen LogP contribution in [0.3, 0.4) is 0 Å². The average Bonchev–Trinajstić information content (AvgIpc) is 3.71. The number of amides is 1. The second kappa shape index (κ2) is 9.93. The molecule has 1 amide bonds. The van der Waals surface area contributed by atoms with Crippen LogP contribution in [0, 0.1) is 28.8 Å². The number of benzene rings is 1. The fourth-order valence-electron chi connectivity index (χ4n) is 4.78. The van der Waals surface area contributed by atoms with Crippen molar-refractivity contribution in [3.63, 3.8) is 0 Å². The first kappa shape index (κ1) is 28.2. The molecule has 1 unspecified atom stereocenters. The Morgan fingerprint density at radius 1 is 1.15 bits per heavy atom. The second-order valence-corrected chi connectivity index (χ2v) is 10.5. The highest BCUT2D eigenvalue weighted by Gasteiger charge is 2.54. The van der Waals surface area contributed by atoms with Gasteiger partial charge in [0, 0.05) is 31.3 Å². The molecule has 3 aromatic rings. The topological polar surface area (TPSA) is 108 Å². The normalized spacial score (nSPS) is 18.1. The molecular formula is C25H21ClF6N4O4. The van der Waals surface area contributed by atoms with Crippen LogP contribution in [0.25, 0.3) is 16.7 Å². The van der Waals surface area contributed by atoms with E-state index in [1.165, 1.54) is 4.90 Å². The molecule has 0 bridgehead atoms. The van der Waals surface area contributed by atoms with Crippen LogP contribution in [0.1, 0.15) is 23.2 Å². The van der Waals surface area contributed by atoms with Gasteiger partial charge in [-0.1, -0.05) is 11.6 Å². The van der Waals surface area contributed by atoms with Crippen LogP contribution in [-0.4, -0.2) is 64.2 Å². The maximum absolute atomic E-state index is 15.2. The van der Waals surface area contributed by atoms with Crippen LogP contribution < -0.4 is 15.6 Å². The van der Waals surface area contributed by atoms with Gasteiger partial charge in [-0.15, -0.1) is 0 Å². The fourth-order valence-corrected chi connectivity index (χ4v) is 5.06. The maximum Gasteiger partial charge on any atom is 0.290 e. The number of aliphatic hydroxyl groups excluding tert-OH is 2. The van der Waals surface area contributed by atoms with Gasteiger partial charge in [0.1, 0.15) is 17.1 Å². The third-order valence-electron chi connectivity index (χ3n) is 7.20. The van der Waals surface area contributed by atoms with Crippen molar-refractivity contribution in [1.29, 1.82) is 0 Å². The first-order valence-corrected chi connectivity index (χ1v) is 12.4. The third kappa shape index (κ3) is 4.57. The van der Waals surface area contributed by atoms with Crippen molar-refractivity contribution in [2.24, 2.45) is 11.3 Å². The summed E-state index contributed by atoms with van der Waals surface area (Å²) in [5.74, 6) is -9.98. The molecular weight excluding hydrogens is 570 g/mol. The Balaban J connectivity index is 1.70. The van der Waals surface area contributed by atoms with Crippen LogP contribution in [0.4, 0.5) is 32.2 Å². The van der Waals surface area contributed by atoms with Crippen LogP contribution in [0.15, 0.2) is 29.2 Å².